The summed E-state index contributed by atoms with van der Waals surface area (Å²) >= 11 is 0. The van der Waals surface area contributed by atoms with Crippen molar-refractivity contribution < 1.29 is 9.47 Å². The van der Waals surface area contributed by atoms with E-state index in [0.717, 1.165) is 37.4 Å². The van der Waals surface area contributed by atoms with E-state index < -0.39 is 0 Å². The number of hydrogen-bond donors (Lipinski definition) is 0. The second-order valence-corrected chi connectivity index (χ2v) is 6.62. The Kier molecular flexibility index (Phi) is 5.02. The fourth-order valence-corrected chi connectivity index (χ4v) is 3.47. The second-order valence-electron chi connectivity index (χ2n) is 6.62. The number of benzene rings is 1. The van der Waals surface area contributed by atoms with Gasteiger partial charge in [0.15, 0.2) is 11.5 Å². The highest BCUT2D eigenvalue weighted by atomic mass is 16.5. The fraction of sp³-hybridized carbons (Fsp3) is 0.350. The summed E-state index contributed by atoms with van der Waals surface area (Å²) in [5, 5.41) is 0. The first kappa shape index (κ1) is 17.5. The number of imidazole rings is 1. The van der Waals surface area contributed by atoms with E-state index in [9.17, 15) is 0 Å². The molecule has 2 aromatic heterocycles. The zero-order chi connectivity index (χ0) is 18.6. The van der Waals surface area contributed by atoms with Crippen LogP contribution in [0.2, 0.25) is 0 Å². The molecule has 0 saturated carbocycles. The van der Waals surface area contributed by atoms with Crippen molar-refractivity contribution in [2.75, 3.05) is 13.7 Å². The molecule has 7 heteroatoms. The average Bonchev–Trinajstić information content (AvgIpc) is 3.32. The van der Waals surface area contributed by atoms with Gasteiger partial charge in [-0.2, -0.15) is 0 Å². The first-order valence-electron chi connectivity index (χ1n) is 9.07. The lowest BCUT2D eigenvalue weighted by molar-refractivity contribution is 0.234. The Bertz CT molecular complexity index is 911. The first-order chi connectivity index (χ1) is 13.2. The molecule has 1 unspecified atom stereocenters. The summed E-state index contributed by atoms with van der Waals surface area (Å²) < 4.78 is 13.3. The van der Waals surface area contributed by atoms with Gasteiger partial charge in [-0.15, -0.1) is 0 Å². The first-order valence-corrected chi connectivity index (χ1v) is 9.07. The molecule has 1 aliphatic heterocycles. The Hall–Kier alpha value is -2.93. The number of rotatable bonds is 6. The number of aromatic nitrogens is 4. The molecule has 0 bridgehead atoms. The van der Waals surface area contributed by atoms with E-state index in [-0.39, 0.29) is 6.04 Å². The predicted octanol–water partition coefficient (Wildman–Crippen LogP) is 3.35. The van der Waals surface area contributed by atoms with E-state index in [1.54, 1.807) is 13.3 Å². The lowest BCUT2D eigenvalue weighted by Gasteiger charge is -2.23. The van der Waals surface area contributed by atoms with Crippen molar-refractivity contribution in [1.29, 1.82) is 0 Å². The van der Waals surface area contributed by atoms with Crippen LogP contribution in [-0.2, 0) is 13.6 Å². The molecule has 27 heavy (non-hydrogen) atoms. The van der Waals surface area contributed by atoms with Gasteiger partial charge >= 0.3 is 0 Å². The van der Waals surface area contributed by atoms with Gasteiger partial charge in [0.2, 0.25) is 5.88 Å². The molecule has 1 atom stereocenters. The van der Waals surface area contributed by atoms with Crippen LogP contribution in [0.15, 0.2) is 49.1 Å². The van der Waals surface area contributed by atoms with Crippen LogP contribution >= 0.6 is 0 Å². The van der Waals surface area contributed by atoms with Gasteiger partial charge in [-0.3, -0.25) is 9.88 Å². The molecule has 1 fully saturated rings. The monoisotopic (exact) mass is 365 g/mol. The van der Waals surface area contributed by atoms with Crippen molar-refractivity contribution >= 4 is 0 Å². The third kappa shape index (κ3) is 3.78. The summed E-state index contributed by atoms with van der Waals surface area (Å²) in [5.41, 5.74) is 0.925. The molecule has 1 aromatic carbocycles. The molecule has 0 aliphatic carbocycles. The Labute approximate surface area is 158 Å². The number of para-hydroxylation sites is 2. The van der Waals surface area contributed by atoms with Gasteiger partial charge in [0.25, 0.3) is 0 Å². The van der Waals surface area contributed by atoms with Gasteiger partial charge in [0.05, 0.1) is 37.8 Å². The molecule has 3 heterocycles. The highest BCUT2D eigenvalue weighted by Crippen LogP contribution is 2.34. The molecular formula is C20H23N5O2. The summed E-state index contributed by atoms with van der Waals surface area (Å²) in [4.78, 5) is 15.9. The van der Waals surface area contributed by atoms with Crippen LogP contribution in [0.4, 0.5) is 0 Å². The van der Waals surface area contributed by atoms with Gasteiger partial charge in [-0.05, 0) is 31.5 Å². The summed E-state index contributed by atoms with van der Waals surface area (Å²) in [6.45, 7) is 1.82. The molecule has 0 spiro atoms. The molecule has 0 N–H and O–H groups in total. The van der Waals surface area contributed by atoms with Crippen molar-refractivity contribution in [1.82, 2.24) is 24.4 Å². The highest BCUT2D eigenvalue weighted by Gasteiger charge is 2.28. The standard InChI is InChI=1S/C20H23N5O2/c1-24-11-9-22-19(24)14-25-10-5-6-16(25)15-12-21-13-20(23-15)27-18-8-4-3-7-17(18)26-2/h3-4,7-9,11-13,16H,5-6,10,14H2,1-2H3. The smallest absolute Gasteiger partial charge is 0.238 e. The third-order valence-corrected chi connectivity index (χ3v) is 4.89. The van der Waals surface area contributed by atoms with E-state index in [1.165, 1.54) is 0 Å². The van der Waals surface area contributed by atoms with Crippen LogP contribution < -0.4 is 9.47 Å². The number of aryl methyl sites for hydroxylation is 1. The van der Waals surface area contributed by atoms with Gasteiger partial charge in [-0.1, -0.05) is 12.1 Å². The van der Waals surface area contributed by atoms with Crippen LogP contribution in [0.5, 0.6) is 17.4 Å². The van der Waals surface area contributed by atoms with Crippen molar-refractivity contribution in [3.8, 4) is 17.4 Å². The Morgan fingerprint density at radius 2 is 2.04 bits per heavy atom. The van der Waals surface area contributed by atoms with Crippen LogP contribution in [0.3, 0.4) is 0 Å². The zero-order valence-corrected chi connectivity index (χ0v) is 15.6. The van der Waals surface area contributed by atoms with Crippen molar-refractivity contribution in [3.05, 3.63) is 60.6 Å². The quantitative estimate of drug-likeness (QED) is 0.667. The average molecular weight is 365 g/mol. The molecule has 7 nitrogen and oxygen atoms in total. The van der Waals surface area contributed by atoms with Gasteiger partial charge in [-0.25, -0.2) is 9.97 Å². The summed E-state index contributed by atoms with van der Waals surface area (Å²) in [5.74, 6) is 2.82. The fourth-order valence-electron chi connectivity index (χ4n) is 3.47. The summed E-state index contributed by atoms with van der Waals surface area (Å²) in [6.07, 6.45) is 9.46. The number of ether oxygens (including phenoxy) is 2. The Morgan fingerprint density at radius 1 is 1.19 bits per heavy atom. The number of methoxy groups -OCH3 is 1. The second kappa shape index (κ2) is 7.75. The maximum Gasteiger partial charge on any atom is 0.238 e. The van der Waals surface area contributed by atoms with Crippen molar-refractivity contribution in [3.63, 3.8) is 0 Å². The van der Waals surface area contributed by atoms with Crippen molar-refractivity contribution in [2.24, 2.45) is 7.05 Å². The SMILES string of the molecule is COc1ccccc1Oc1cncc(C2CCCN2Cc2nccn2C)n1. The van der Waals surface area contributed by atoms with Gasteiger partial charge in [0, 0.05) is 19.4 Å². The summed E-state index contributed by atoms with van der Waals surface area (Å²) in [6, 6.07) is 7.74. The maximum atomic E-state index is 5.93. The van der Waals surface area contributed by atoms with Crippen LogP contribution in [0, 0.1) is 0 Å². The molecular weight excluding hydrogens is 342 g/mol. The van der Waals surface area contributed by atoms with E-state index in [0.29, 0.717) is 17.4 Å². The number of hydrogen-bond acceptors (Lipinski definition) is 6. The molecule has 0 amide bonds. The third-order valence-electron chi connectivity index (χ3n) is 4.89. The Balaban J connectivity index is 1.53. The Morgan fingerprint density at radius 3 is 2.81 bits per heavy atom. The summed E-state index contributed by atoms with van der Waals surface area (Å²) in [7, 11) is 3.65. The predicted molar refractivity (Wildman–Crippen MR) is 101 cm³/mol. The van der Waals surface area contributed by atoms with Gasteiger partial charge in [0.1, 0.15) is 5.82 Å². The maximum absolute atomic E-state index is 5.93. The normalized spacial score (nSPS) is 17.2. The van der Waals surface area contributed by atoms with E-state index in [2.05, 4.69) is 19.4 Å². The molecule has 0 radical (unpaired) electrons. The lowest BCUT2D eigenvalue weighted by Crippen LogP contribution is -2.25. The van der Waals surface area contributed by atoms with E-state index >= 15 is 0 Å². The molecule has 4 rings (SSSR count). The topological polar surface area (TPSA) is 65.3 Å². The molecule has 3 aromatic rings. The highest BCUT2D eigenvalue weighted by molar-refractivity contribution is 5.41. The van der Waals surface area contributed by atoms with Crippen LogP contribution in [0.1, 0.15) is 30.4 Å². The van der Waals surface area contributed by atoms with Gasteiger partial charge < -0.3 is 14.0 Å². The largest absolute Gasteiger partial charge is 0.493 e. The molecule has 1 saturated heterocycles. The molecule has 1 aliphatic rings. The minimum Gasteiger partial charge on any atom is -0.493 e. The van der Waals surface area contributed by atoms with Crippen LogP contribution in [0.25, 0.3) is 0 Å². The van der Waals surface area contributed by atoms with E-state index in [4.69, 9.17) is 14.5 Å². The lowest BCUT2D eigenvalue weighted by atomic mass is 10.1. The van der Waals surface area contributed by atoms with E-state index in [1.807, 2.05) is 49.9 Å². The number of likely N-dealkylation sites (tertiary alicyclic amines) is 1. The number of nitrogens with zero attached hydrogens (tertiary/aromatic N) is 5. The van der Waals surface area contributed by atoms with Crippen LogP contribution in [-0.4, -0.2) is 38.1 Å². The minimum atomic E-state index is 0.218. The minimum absolute atomic E-state index is 0.218. The zero-order valence-electron chi connectivity index (χ0n) is 15.6. The van der Waals surface area contributed by atoms with Crippen molar-refractivity contribution in [2.45, 2.75) is 25.4 Å². The molecule has 140 valence electrons.